The van der Waals surface area contributed by atoms with Crippen molar-refractivity contribution in [3.05, 3.63) is 35.6 Å². The van der Waals surface area contributed by atoms with Gasteiger partial charge in [0, 0.05) is 5.56 Å². The summed E-state index contributed by atoms with van der Waals surface area (Å²) in [5.41, 5.74) is -0.0962. The molecule has 1 saturated heterocycles. The Hall–Kier alpha value is -0.930. The van der Waals surface area contributed by atoms with E-state index in [9.17, 15) is 9.50 Å². The van der Waals surface area contributed by atoms with Crippen LogP contribution in [0.4, 0.5) is 4.39 Å². The zero-order valence-electron chi connectivity index (χ0n) is 8.83. The van der Waals surface area contributed by atoms with Gasteiger partial charge in [-0.15, -0.1) is 0 Å². The van der Waals surface area contributed by atoms with Gasteiger partial charge in [-0.3, -0.25) is 0 Å². The Morgan fingerprint density at radius 2 is 2.20 bits per heavy atom. The zero-order valence-corrected chi connectivity index (χ0v) is 8.83. The molecular weight excluding hydrogens is 193 g/mol. The van der Waals surface area contributed by atoms with Gasteiger partial charge in [0.1, 0.15) is 5.82 Å². The second kappa shape index (κ2) is 3.91. The highest BCUT2D eigenvalue weighted by Crippen LogP contribution is 2.31. The smallest absolute Gasteiger partial charge is 0.128 e. The van der Waals surface area contributed by atoms with Crippen molar-refractivity contribution in [2.75, 3.05) is 6.54 Å². The van der Waals surface area contributed by atoms with Crippen LogP contribution in [0.5, 0.6) is 0 Å². The van der Waals surface area contributed by atoms with Crippen LogP contribution < -0.4 is 5.32 Å². The summed E-state index contributed by atoms with van der Waals surface area (Å²) >= 11 is 0. The van der Waals surface area contributed by atoms with Crippen LogP contribution in [-0.2, 0) is 5.54 Å². The minimum absolute atomic E-state index is 0.256. The maximum atomic E-state index is 13.6. The first kappa shape index (κ1) is 10.6. The Balaban J connectivity index is 2.39. The molecule has 2 nitrogen and oxygen atoms in total. The van der Waals surface area contributed by atoms with Gasteiger partial charge in [0.15, 0.2) is 0 Å². The third-order valence-corrected chi connectivity index (χ3v) is 3.25. The van der Waals surface area contributed by atoms with E-state index in [0.717, 1.165) is 19.4 Å². The summed E-state index contributed by atoms with van der Waals surface area (Å²) in [6, 6.07) is 6.63. The van der Waals surface area contributed by atoms with E-state index in [2.05, 4.69) is 5.32 Å². The third kappa shape index (κ3) is 1.77. The number of aliphatic hydroxyl groups excluding tert-OH is 1. The first-order valence-electron chi connectivity index (χ1n) is 5.33. The quantitative estimate of drug-likeness (QED) is 0.739. The SMILES string of the molecule is CC1(c2ccccc2F)NCCCC1O. The second-order valence-corrected chi connectivity index (χ2v) is 4.27. The number of piperidine rings is 1. The van der Waals surface area contributed by atoms with Crippen LogP contribution in [0.15, 0.2) is 24.3 Å². The van der Waals surface area contributed by atoms with Crippen molar-refractivity contribution in [3.63, 3.8) is 0 Å². The van der Waals surface area contributed by atoms with Gasteiger partial charge in [-0.1, -0.05) is 18.2 Å². The number of rotatable bonds is 1. The highest BCUT2D eigenvalue weighted by Gasteiger charge is 2.38. The first-order valence-corrected chi connectivity index (χ1v) is 5.33. The molecule has 2 atom stereocenters. The van der Waals surface area contributed by atoms with E-state index >= 15 is 0 Å². The van der Waals surface area contributed by atoms with E-state index in [-0.39, 0.29) is 5.82 Å². The lowest BCUT2D eigenvalue weighted by Gasteiger charge is -2.40. The van der Waals surface area contributed by atoms with Gasteiger partial charge in [0.05, 0.1) is 11.6 Å². The topological polar surface area (TPSA) is 32.3 Å². The molecule has 0 radical (unpaired) electrons. The van der Waals surface area contributed by atoms with E-state index in [4.69, 9.17) is 0 Å². The largest absolute Gasteiger partial charge is 0.391 e. The van der Waals surface area contributed by atoms with Crippen molar-refractivity contribution in [2.24, 2.45) is 0 Å². The highest BCUT2D eigenvalue weighted by molar-refractivity contribution is 5.27. The van der Waals surface area contributed by atoms with Crippen molar-refractivity contribution >= 4 is 0 Å². The molecular formula is C12H16FNO. The van der Waals surface area contributed by atoms with Crippen LogP contribution in [0.2, 0.25) is 0 Å². The average molecular weight is 209 g/mol. The predicted octanol–water partition coefficient (Wildman–Crippen LogP) is 1.79. The molecule has 2 N–H and O–H groups in total. The van der Waals surface area contributed by atoms with E-state index < -0.39 is 11.6 Å². The summed E-state index contributed by atoms with van der Waals surface area (Å²) < 4.78 is 13.6. The normalized spacial score (nSPS) is 31.5. The third-order valence-electron chi connectivity index (χ3n) is 3.25. The molecule has 1 heterocycles. The molecule has 0 saturated carbocycles. The van der Waals surface area contributed by atoms with Crippen LogP contribution >= 0.6 is 0 Å². The van der Waals surface area contributed by atoms with Crippen molar-refractivity contribution < 1.29 is 9.50 Å². The van der Waals surface area contributed by atoms with E-state index in [1.54, 1.807) is 18.2 Å². The molecule has 1 aliphatic rings. The molecule has 3 heteroatoms. The maximum Gasteiger partial charge on any atom is 0.128 e. The van der Waals surface area contributed by atoms with Gasteiger partial charge < -0.3 is 10.4 Å². The van der Waals surface area contributed by atoms with Crippen LogP contribution in [0.25, 0.3) is 0 Å². The van der Waals surface area contributed by atoms with Gasteiger partial charge in [0.2, 0.25) is 0 Å². The molecule has 1 aromatic rings. The van der Waals surface area contributed by atoms with Crippen LogP contribution in [-0.4, -0.2) is 17.8 Å². The molecule has 1 aliphatic heterocycles. The van der Waals surface area contributed by atoms with Crippen LogP contribution in [0.3, 0.4) is 0 Å². The van der Waals surface area contributed by atoms with Gasteiger partial charge in [-0.05, 0) is 32.4 Å². The first-order chi connectivity index (χ1) is 7.14. The van der Waals surface area contributed by atoms with Crippen molar-refractivity contribution in [2.45, 2.75) is 31.4 Å². The summed E-state index contributed by atoms with van der Waals surface area (Å²) in [7, 11) is 0. The number of hydrogen-bond acceptors (Lipinski definition) is 2. The molecule has 0 amide bonds. The Labute approximate surface area is 89.1 Å². The summed E-state index contributed by atoms with van der Waals surface area (Å²) in [4.78, 5) is 0. The Bertz CT molecular complexity index is 355. The highest BCUT2D eigenvalue weighted by atomic mass is 19.1. The maximum absolute atomic E-state index is 13.6. The molecule has 1 fully saturated rings. The molecule has 82 valence electrons. The Kier molecular flexibility index (Phi) is 2.76. The summed E-state index contributed by atoms with van der Waals surface area (Å²) in [6.45, 7) is 2.68. The number of aliphatic hydroxyl groups is 1. The Morgan fingerprint density at radius 1 is 1.47 bits per heavy atom. The number of nitrogens with one attached hydrogen (secondary N) is 1. The van der Waals surface area contributed by atoms with Crippen molar-refractivity contribution in [1.82, 2.24) is 5.32 Å². The summed E-state index contributed by atoms with van der Waals surface area (Å²) in [6.07, 6.45) is 1.13. The molecule has 0 bridgehead atoms. The second-order valence-electron chi connectivity index (χ2n) is 4.27. The van der Waals surface area contributed by atoms with Crippen molar-refractivity contribution in [3.8, 4) is 0 Å². The molecule has 0 aromatic heterocycles. The van der Waals surface area contributed by atoms with Gasteiger partial charge in [-0.25, -0.2) is 4.39 Å². The number of hydrogen-bond donors (Lipinski definition) is 2. The number of halogens is 1. The van der Waals surface area contributed by atoms with E-state index in [1.807, 2.05) is 6.92 Å². The fourth-order valence-electron chi connectivity index (χ4n) is 2.21. The van der Waals surface area contributed by atoms with Crippen LogP contribution in [0.1, 0.15) is 25.3 Å². The summed E-state index contributed by atoms with van der Waals surface area (Å²) in [5.74, 6) is -0.256. The number of benzene rings is 1. The van der Waals surface area contributed by atoms with E-state index in [1.165, 1.54) is 6.07 Å². The molecule has 15 heavy (non-hydrogen) atoms. The fraction of sp³-hybridized carbons (Fsp3) is 0.500. The minimum Gasteiger partial charge on any atom is -0.391 e. The van der Waals surface area contributed by atoms with Crippen LogP contribution in [0, 0.1) is 5.82 Å². The molecule has 2 rings (SSSR count). The summed E-state index contributed by atoms with van der Waals surface area (Å²) in [5, 5.41) is 13.2. The lowest BCUT2D eigenvalue weighted by atomic mass is 9.81. The van der Waals surface area contributed by atoms with E-state index in [0.29, 0.717) is 5.56 Å². The minimum atomic E-state index is -0.649. The predicted molar refractivity (Wildman–Crippen MR) is 57.0 cm³/mol. The molecule has 1 aromatic carbocycles. The zero-order chi connectivity index (χ0) is 10.9. The lowest BCUT2D eigenvalue weighted by Crippen LogP contribution is -2.53. The monoisotopic (exact) mass is 209 g/mol. The standard InChI is InChI=1S/C12H16FNO/c1-12(11(15)7-4-8-14-12)9-5-2-3-6-10(9)13/h2-3,5-6,11,14-15H,4,7-8H2,1H3. The van der Waals surface area contributed by atoms with Gasteiger partial charge in [-0.2, -0.15) is 0 Å². The fourth-order valence-corrected chi connectivity index (χ4v) is 2.21. The molecule has 2 unspecified atom stereocenters. The van der Waals surface area contributed by atoms with Crippen molar-refractivity contribution in [1.29, 1.82) is 0 Å². The average Bonchev–Trinajstić information content (AvgIpc) is 2.23. The molecule has 0 aliphatic carbocycles. The van der Waals surface area contributed by atoms with Gasteiger partial charge in [0.25, 0.3) is 0 Å². The van der Waals surface area contributed by atoms with Gasteiger partial charge >= 0.3 is 0 Å². The molecule has 0 spiro atoms. The Morgan fingerprint density at radius 3 is 2.87 bits per heavy atom. The lowest BCUT2D eigenvalue weighted by molar-refractivity contribution is 0.0364.